The van der Waals surface area contributed by atoms with Crippen LogP contribution in [0.1, 0.15) is 69.6 Å². The van der Waals surface area contributed by atoms with Crippen molar-refractivity contribution in [1.29, 1.82) is 0 Å². The number of hydrogen-bond acceptors (Lipinski definition) is 5. The number of likely N-dealkylation sites (tertiary alicyclic amines) is 1. The molecule has 1 aliphatic heterocycles. The van der Waals surface area contributed by atoms with Crippen LogP contribution in [0, 0.1) is 23.6 Å². The Labute approximate surface area is 253 Å². The van der Waals surface area contributed by atoms with Crippen LogP contribution in [0.3, 0.4) is 0 Å². The molecule has 2 aromatic rings. The second-order valence-electron chi connectivity index (χ2n) is 13.3. The van der Waals surface area contributed by atoms with Gasteiger partial charge in [0.15, 0.2) is 9.84 Å². The van der Waals surface area contributed by atoms with E-state index < -0.39 is 61.2 Å². The number of fused-ring (bicyclic) bond motifs is 3. The molecule has 44 heavy (non-hydrogen) atoms. The van der Waals surface area contributed by atoms with Crippen LogP contribution in [-0.2, 0) is 36.3 Å². The van der Waals surface area contributed by atoms with Gasteiger partial charge in [-0.15, -0.1) is 0 Å². The van der Waals surface area contributed by atoms with Gasteiger partial charge in [0.25, 0.3) is 0 Å². The molecule has 2 aromatic carbocycles. The fourth-order valence-electron chi connectivity index (χ4n) is 7.53. The van der Waals surface area contributed by atoms with Gasteiger partial charge in [0, 0.05) is 31.8 Å². The Hall–Kier alpha value is -2.86. The molecule has 2 aliphatic carbocycles. The first-order valence-corrected chi connectivity index (χ1v) is 16.2. The number of alkyl halides is 4. The number of carbonyl (C=O) groups excluding carboxylic acids is 2. The Morgan fingerprint density at radius 3 is 2.32 bits per heavy atom. The fraction of sp³-hybridized carbons (Fsp3) is 0.562. The van der Waals surface area contributed by atoms with Crippen molar-refractivity contribution in [1.82, 2.24) is 4.90 Å². The molecule has 0 aromatic heterocycles. The standard InChI is InChI=1S/C32H36F5NO5S/c1-29(2,41)18-38-17-21(16-28(38)40)27(39)15-20-12-13-31(44(42,43)24-8-6-23(33)7-9-24)25(20)10-4-19-14-22(5-11-26(19)31)30(3,34)32(35,36)37/h5-9,11,14,20-21,25,41H,4,10,12-13,15-18H2,1-3H3/t20-,21+,25-,30?,31-/m0/s1. The smallest absolute Gasteiger partial charge is 0.389 e. The third-order valence-corrected chi connectivity index (χ3v) is 12.3. The molecule has 240 valence electrons. The molecule has 1 unspecified atom stereocenters. The van der Waals surface area contributed by atoms with E-state index >= 15 is 0 Å². The number of amides is 1. The minimum atomic E-state index is -5.18. The summed E-state index contributed by atoms with van der Waals surface area (Å²) in [5.74, 6) is -2.66. The van der Waals surface area contributed by atoms with Crippen molar-refractivity contribution in [3.8, 4) is 0 Å². The van der Waals surface area contributed by atoms with E-state index in [0.717, 1.165) is 36.4 Å². The highest BCUT2D eigenvalue weighted by atomic mass is 32.2. The lowest BCUT2D eigenvalue weighted by atomic mass is 9.71. The summed E-state index contributed by atoms with van der Waals surface area (Å²) in [4.78, 5) is 27.4. The summed E-state index contributed by atoms with van der Waals surface area (Å²) in [6, 6.07) is 7.71. The van der Waals surface area contributed by atoms with E-state index in [4.69, 9.17) is 0 Å². The number of carbonyl (C=O) groups is 2. The molecule has 1 saturated heterocycles. The molecule has 0 spiro atoms. The average Bonchev–Trinajstić information content (AvgIpc) is 3.48. The number of Topliss-reactive ketones (excluding diaryl/α,β-unsaturated/α-hetero) is 1. The summed E-state index contributed by atoms with van der Waals surface area (Å²) < 4.78 is 96.7. The molecule has 1 N–H and O–H groups in total. The second-order valence-corrected chi connectivity index (χ2v) is 15.5. The Bertz CT molecular complexity index is 1560. The number of nitrogens with zero attached hydrogens (tertiary/aromatic N) is 1. The van der Waals surface area contributed by atoms with Gasteiger partial charge >= 0.3 is 6.18 Å². The van der Waals surface area contributed by atoms with E-state index in [9.17, 15) is 45.1 Å². The van der Waals surface area contributed by atoms with E-state index in [0.29, 0.717) is 18.9 Å². The zero-order chi connectivity index (χ0) is 32.5. The largest absolute Gasteiger partial charge is 0.426 e. The van der Waals surface area contributed by atoms with Crippen molar-refractivity contribution < 1.29 is 45.1 Å². The first-order valence-electron chi connectivity index (χ1n) is 14.7. The van der Waals surface area contributed by atoms with Gasteiger partial charge in [-0.2, -0.15) is 13.2 Å². The van der Waals surface area contributed by atoms with Crippen LogP contribution in [0.15, 0.2) is 47.4 Å². The SMILES string of the molecule is CC(C)(O)CN1C[C@H](C(=O)C[C@@H]2CC[C@@]3(S(=O)(=O)c4ccc(F)cc4)c4ccc(C(C)(F)C(F)(F)F)cc4CC[C@@H]23)CC1=O. The Morgan fingerprint density at radius 1 is 1.05 bits per heavy atom. The topological polar surface area (TPSA) is 91.8 Å². The maximum atomic E-state index is 14.9. The predicted molar refractivity (Wildman–Crippen MR) is 151 cm³/mol. The molecule has 5 rings (SSSR count). The van der Waals surface area contributed by atoms with Crippen molar-refractivity contribution in [3.05, 3.63) is 65.0 Å². The summed E-state index contributed by atoms with van der Waals surface area (Å²) in [7, 11) is -4.28. The zero-order valence-corrected chi connectivity index (χ0v) is 25.6. The first-order chi connectivity index (χ1) is 20.3. The summed E-state index contributed by atoms with van der Waals surface area (Å²) in [5.41, 5.74) is -4.83. The van der Waals surface area contributed by atoms with Crippen LogP contribution >= 0.6 is 0 Å². The highest BCUT2D eigenvalue weighted by Gasteiger charge is 2.61. The lowest BCUT2D eigenvalue weighted by Crippen LogP contribution is -2.45. The van der Waals surface area contributed by atoms with Crippen molar-refractivity contribution >= 4 is 21.5 Å². The Kier molecular flexibility index (Phi) is 8.05. The van der Waals surface area contributed by atoms with Crippen LogP contribution < -0.4 is 0 Å². The number of ketones is 1. The molecule has 1 amide bonds. The number of aryl methyl sites for hydroxylation is 1. The minimum absolute atomic E-state index is 0.00185. The number of aliphatic hydroxyl groups is 1. The van der Waals surface area contributed by atoms with Gasteiger partial charge in [-0.1, -0.05) is 18.2 Å². The van der Waals surface area contributed by atoms with Crippen LogP contribution in [0.5, 0.6) is 0 Å². The predicted octanol–water partition coefficient (Wildman–Crippen LogP) is 5.79. The van der Waals surface area contributed by atoms with E-state index in [1.165, 1.54) is 11.0 Å². The number of β-amino-alcohol motifs (C(OH)–C–C–N with tert-alkyl or cyclic N) is 1. The highest BCUT2D eigenvalue weighted by molar-refractivity contribution is 7.92. The van der Waals surface area contributed by atoms with Crippen molar-refractivity contribution in [3.63, 3.8) is 0 Å². The summed E-state index contributed by atoms with van der Waals surface area (Å²) in [5, 5.41) is 10.1. The van der Waals surface area contributed by atoms with Crippen molar-refractivity contribution in [2.75, 3.05) is 13.1 Å². The minimum Gasteiger partial charge on any atom is -0.389 e. The van der Waals surface area contributed by atoms with E-state index in [1.54, 1.807) is 13.8 Å². The van der Waals surface area contributed by atoms with Gasteiger partial charge in [-0.3, -0.25) is 9.59 Å². The lowest BCUT2D eigenvalue weighted by Gasteiger charge is -2.43. The lowest BCUT2D eigenvalue weighted by molar-refractivity contribution is -0.228. The number of rotatable bonds is 8. The third kappa shape index (κ3) is 5.46. The van der Waals surface area contributed by atoms with Gasteiger partial charge in [-0.05, 0) is 99.2 Å². The second kappa shape index (κ2) is 10.9. The summed E-state index contributed by atoms with van der Waals surface area (Å²) >= 11 is 0. The molecule has 2 fully saturated rings. The van der Waals surface area contributed by atoms with Gasteiger partial charge < -0.3 is 10.0 Å². The molecule has 0 radical (unpaired) electrons. The van der Waals surface area contributed by atoms with Gasteiger partial charge in [0.1, 0.15) is 16.3 Å². The normalized spacial score (nSPS) is 27.2. The Morgan fingerprint density at radius 2 is 1.70 bits per heavy atom. The van der Waals surface area contributed by atoms with E-state index in [-0.39, 0.29) is 67.3 Å². The molecular weight excluding hydrogens is 605 g/mol. The number of hydrogen-bond donors (Lipinski definition) is 1. The number of benzene rings is 2. The first kappa shape index (κ1) is 32.5. The quantitative estimate of drug-likeness (QED) is 0.291. The number of halogens is 5. The maximum absolute atomic E-state index is 14.9. The molecule has 1 saturated carbocycles. The molecule has 6 nitrogen and oxygen atoms in total. The zero-order valence-electron chi connectivity index (χ0n) is 24.8. The van der Waals surface area contributed by atoms with E-state index in [2.05, 4.69) is 0 Å². The fourth-order valence-corrected chi connectivity index (χ4v) is 10.0. The van der Waals surface area contributed by atoms with Gasteiger partial charge in [0.2, 0.25) is 11.6 Å². The van der Waals surface area contributed by atoms with Crippen LogP contribution in [0.4, 0.5) is 22.0 Å². The van der Waals surface area contributed by atoms with Gasteiger partial charge in [0.05, 0.1) is 10.5 Å². The number of sulfone groups is 1. The molecule has 1 heterocycles. The molecule has 12 heteroatoms. The molecular formula is C32H36F5NO5S. The van der Waals surface area contributed by atoms with Crippen LogP contribution in [-0.4, -0.2) is 55.0 Å². The van der Waals surface area contributed by atoms with Crippen LogP contribution in [0.25, 0.3) is 0 Å². The summed E-state index contributed by atoms with van der Waals surface area (Å²) in [6.45, 7) is 3.79. The van der Waals surface area contributed by atoms with Crippen molar-refractivity contribution in [2.45, 2.75) is 86.4 Å². The summed E-state index contributed by atoms with van der Waals surface area (Å²) in [6.07, 6.45) is -4.34. The molecule has 0 bridgehead atoms. The van der Waals surface area contributed by atoms with Crippen LogP contribution in [0.2, 0.25) is 0 Å². The van der Waals surface area contributed by atoms with E-state index in [1.807, 2.05) is 0 Å². The third-order valence-electron chi connectivity index (χ3n) is 9.73. The molecule has 3 aliphatic rings. The average molecular weight is 642 g/mol. The maximum Gasteiger partial charge on any atom is 0.426 e. The highest BCUT2D eigenvalue weighted by Crippen LogP contribution is 2.60. The van der Waals surface area contributed by atoms with Crippen molar-refractivity contribution in [2.24, 2.45) is 17.8 Å². The Balaban J connectivity index is 1.51. The van der Waals surface area contributed by atoms with Gasteiger partial charge in [-0.25, -0.2) is 17.2 Å². The monoisotopic (exact) mass is 641 g/mol. The molecule has 5 atom stereocenters.